The lowest BCUT2D eigenvalue weighted by atomic mass is 9.86. The summed E-state index contributed by atoms with van der Waals surface area (Å²) >= 11 is 0. The van der Waals surface area contributed by atoms with E-state index in [4.69, 9.17) is 37.9 Å². The Hall–Kier alpha value is -0.720. The topological polar surface area (TPSA) is 256 Å². The average molecular weight is 719 g/mol. The smallest absolute Gasteiger partial charge is 0.186 e. The van der Waals surface area contributed by atoms with Crippen LogP contribution in [0.4, 0.5) is 0 Å². The van der Waals surface area contributed by atoms with Crippen molar-refractivity contribution < 1.29 is 88.3 Å². The van der Waals surface area contributed by atoms with E-state index >= 15 is 0 Å². The van der Waals surface area contributed by atoms with E-state index in [0.717, 1.165) is 0 Å². The molecule has 0 spiro atoms. The normalized spacial score (nSPS) is 41.1. The third kappa shape index (κ3) is 11.6. The fraction of sp³-hybridized carbons (Fsp3) is 1.00. The summed E-state index contributed by atoms with van der Waals surface area (Å²) in [6.07, 6.45) is -14.7. The van der Waals surface area contributed by atoms with Gasteiger partial charge in [0.05, 0.1) is 117 Å². The highest BCUT2D eigenvalue weighted by Gasteiger charge is 2.48. The van der Waals surface area contributed by atoms with Crippen LogP contribution in [0.2, 0.25) is 0 Å². The molecule has 0 aromatic rings. The third-order valence-electron chi connectivity index (χ3n) is 9.33. The molecule has 0 amide bonds. The molecular weight excluding hydrogens is 658 g/mol. The minimum Gasteiger partial charge on any atom is -0.394 e. The van der Waals surface area contributed by atoms with Gasteiger partial charge in [0.15, 0.2) is 6.29 Å². The highest BCUT2D eigenvalue weighted by atomic mass is 16.7. The molecule has 0 aromatic heterocycles. The van der Waals surface area contributed by atoms with Gasteiger partial charge in [-0.05, 0) is 0 Å². The van der Waals surface area contributed by atoms with E-state index in [1.165, 1.54) is 14.2 Å². The molecule has 0 radical (unpaired) electrons. The number of aliphatic hydroxyl groups is 9. The molecule has 18 heteroatoms. The predicted molar refractivity (Wildman–Crippen MR) is 167 cm³/mol. The molecule has 0 saturated carbocycles. The van der Waals surface area contributed by atoms with E-state index in [1.807, 2.05) is 21.1 Å². The Morgan fingerprint density at radius 1 is 0.551 bits per heavy atom. The van der Waals surface area contributed by atoms with Crippen molar-refractivity contribution in [2.45, 2.75) is 79.5 Å². The monoisotopic (exact) mass is 718 g/mol. The first kappa shape index (κ1) is 42.7. The number of hydrogen-bond donors (Lipinski definition) is 9. The molecule has 0 bridgehead atoms. The van der Waals surface area contributed by atoms with E-state index in [0.29, 0.717) is 11.0 Å². The Balaban J connectivity index is 1.64. The fourth-order valence-electron chi connectivity index (χ4n) is 6.63. The number of ether oxygens (including phenoxy) is 8. The zero-order valence-electron chi connectivity index (χ0n) is 29.0. The van der Waals surface area contributed by atoms with Crippen molar-refractivity contribution in [3.8, 4) is 0 Å². The molecule has 3 aliphatic rings. The highest BCUT2D eigenvalue weighted by Crippen LogP contribution is 2.31. The second kappa shape index (κ2) is 19.9. The van der Waals surface area contributed by atoms with Gasteiger partial charge in [0.25, 0.3) is 0 Å². The molecule has 290 valence electrons. The molecule has 9 N–H and O–H groups in total. The maximum atomic E-state index is 11.2. The largest absolute Gasteiger partial charge is 0.394 e. The number of aliphatic hydroxyl groups excluding tert-OH is 9. The Morgan fingerprint density at radius 3 is 1.49 bits per heavy atom. The van der Waals surface area contributed by atoms with Gasteiger partial charge in [0.2, 0.25) is 0 Å². The van der Waals surface area contributed by atoms with Gasteiger partial charge in [0, 0.05) is 32.0 Å². The predicted octanol–water partition coefficient (Wildman–Crippen LogP) is -5.35. The van der Waals surface area contributed by atoms with Gasteiger partial charge in [-0.1, -0.05) is 0 Å². The summed E-state index contributed by atoms with van der Waals surface area (Å²) in [7, 11) is 8.50. The summed E-state index contributed by atoms with van der Waals surface area (Å²) in [6, 6.07) is 0. The van der Waals surface area contributed by atoms with Crippen molar-refractivity contribution in [2.24, 2.45) is 17.8 Å². The van der Waals surface area contributed by atoms with Crippen molar-refractivity contribution in [3.05, 3.63) is 0 Å². The highest BCUT2D eigenvalue weighted by molar-refractivity contribution is 4.95. The quantitative estimate of drug-likeness (QED) is 0.0565. The van der Waals surface area contributed by atoms with E-state index in [9.17, 15) is 46.0 Å². The number of methoxy groups -OCH3 is 2. The number of likely N-dealkylation sites (N-methyl/N-ethyl adjacent to an activating group) is 1. The average Bonchev–Trinajstić information content (AvgIpc) is 3.05. The lowest BCUT2D eigenvalue weighted by Gasteiger charge is -2.44. The van der Waals surface area contributed by atoms with Crippen LogP contribution < -0.4 is 0 Å². The summed E-state index contributed by atoms with van der Waals surface area (Å²) in [4.78, 5) is 0. The van der Waals surface area contributed by atoms with Crippen LogP contribution in [0.5, 0.6) is 0 Å². The number of nitrogens with zero attached hydrogens (tertiary/aromatic N) is 1. The van der Waals surface area contributed by atoms with Crippen molar-refractivity contribution >= 4 is 0 Å². The summed E-state index contributed by atoms with van der Waals surface area (Å²) in [6.45, 7) is -1.38. The fourth-order valence-corrected chi connectivity index (χ4v) is 6.63. The Kier molecular flexibility index (Phi) is 17.4. The van der Waals surface area contributed by atoms with Crippen molar-refractivity contribution in [1.82, 2.24) is 0 Å². The van der Waals surface area contributed by atoms with Crippen LogP contribution in [0.1, 0.15) is 0 Å². The Labute approximate surface area is 287 Å². The molecule has 16 unspecified atom stereocenters. The van der Waals surface area contributed by atoms with Gasteiger partial charge in [-0.15, -0.1) is 0 Å². The standard InChI is InChI=1S/C31H60NO17/c1-32(2,3)6-16(35)9-44-13-22-19(12-46-14-23-28(39)25(36)17(10-42-4)20(7-33)47-23)26(37)29(40)24(48-22)15-45-11-18-21(8-34)49-31(43-5)30(41)27(18)38/h16-31,33-41H,6-15H2,1-5H3/q+1. The molecule has 18 nitrogen and oxygen atoms in total. The number of quaternary nitrogens is 1. The summed E-state index contributed by atoms with van der Waals surface area (Å²) in [5.74, 6) is -2.35. The van der Waals surface area contributed by atoms with Crippen LogP contribution in [0, 0.1) is 17.8 Å². The van der Waals surface area contributed by atoms with Gasteiger partial charge in [-0.25, -0.2) is 0 Å². The molecule has 0 aromatic carbocycles. The van der Waals surface area contributed by atoms with Gasteiger partial charge >= 0.3 is 0 Å². The van der Waals surface area contributed by atoms with Crippen LogP contribution in [0.15, 0.2) is 0 Å². The van der Waals surface area contributed by atoms with Crippen LogP contribution in [0.3, 0.4) is 0 Å². The van der Waals surface area contributed by atoms with Crippen LogP contribution in [0.25, 0.3) is 0 Å². The maximum absolute atomic E-state index is 11.2. The summed E-state index contributed by atoms with van der Waals surface area (Å²) < 4.78 is 45.4. The molecule has 3 saturated heterocycles. The van der Waals surface area contributed by atoms with Gasteiger partial charge in [-0.2, -0.15) is 0 Å². The molecule has 3 aliphatic heterocycles. The first-order valence-electron chi connectivity index (χ1n) is 16.7. The minimum absolute atomic E-state index is 0.0269. The lowest BCUT2D eigenvalue weighted by molar-refractivity contribution is -0.873. The van der Waals surface area contributed by atoms with Crippen LogP contribution in [-0.2, 0) is 37.9 Å². The van der Waals surface area contributed by atoms with E-state index in [1.54, 1.807) is 0 Å². The summed E-state index contributed by atoms with van der Waals surface area (Å²) in [5.41, 5.74) is 0. The molecule has 49 heavy (non-hydrogen) atoms. The SMILES string of the molecule is COCC1C(CO)OC(COCC2C(COCC(O)C[N+](C)(C)C)OC(COCC3C(CO)OC(OC)C(O)C3O)C(O)C2O)C(O)C1O. The van der Waals surface area contributed by atoms with Gasteiger partial charge in [0.1, 0.15) is 43.2 Å². The molecule has 16 atom stereocenters. The number of rotatable bonds is 19. The first-order chi connectivity index (χ1) is 23.2. The maximum Gasteiger partial charge on any atom is 0.186 e. The van der Waals surface area contributed by atoms with Crippen molar-refractivity contribution in [2.75, 3.05) is 101 Å². The molecule has 3 heterocycles. The number of hydrogen-bond acceptors (Lipinski definition) is 17. The zero-order chi connectivity index (χ0) is 36.5. The molecule has 0 aliphatic carbocycles. The molecule has 3 rings (SSSR count). The van der Waals surface area contributed by atoms with Gasteiger partial charge < -0.3 is 88.3 Å². The minimum atomic E-state index is -1.45. The Morgan fingerprint density at radius 2 is 1.00 bits per heavy atom. The lowest BCUT2D eigenvalue weighted by Crippen LogP contribution is -2.60. The van der Waals surface area contributed by atoms with Crippen LogP contribution >= 0.6 is 0 Å². The Bertz CT molecular complexity index is 927. The van der Waals surface area contributed by atoms with E-state index in [2.05, 4.69) is 0 Å². The second-order valence-electron chi connectivity index (χ2n) is 14.2. The zero-order valence-corrected chi connectivity index (χ0v) is 29.0. The van der Waals surface area contributed by atoms with E-state index < -0.39 is 111 Å². The first-order valence-corrected chi connectivity index (χ1v) is 16.7. The van der Waals surface area contributed by atoms with Crippen molar-refractivity contribution in [1.29, 1.82) is 0 Å². The van der Waals surface area contributed by atoms with Crippen molar-refractivity contribution in [3.63, 3.8) is 0 Å². The van der Waals surface area contributed by atoms with Gasteiger partial charge in [-0.3, -0.25) is 0 Å². The third-order valence-corrected chi connectivity index (χ3v) is 9.33. The van der Waals surface area contributed by atoms with E-state index in [-0.39, 0.29) is 46.2 Å². The molecular formula is C31H60NO17+. The van der Waals surface area contributed by atoms with Crippen LogP contribution in [-0.4, -0.2) is 231 Å². The second-order valence-corrected chi connectivity index (χ2v) is 14.2. The molecule has 3 fully saturated rings. The summed E-state index contributed by atoms with van der Waals surface area (Å²) in [5, 5.41) is 94.4.